The van der Waals surface area contributed by atoms with Gasteiger partial charge in [-0.3, -0.25) is 14.9 Å². The number of hydrogen-bond acceptors (Lipinski definition) is 5. The standard InChI is InChI=1S/C5H11N3O3S/c1-6-4(5(9)7-2)3-12-8(10)11/h4,6H,3H2,1-2H3,(H,7,9)/t4-/m0/s1. The fourth-order valence-corrected chi connectivity index (χ4v) is 1.19. The van der Waals surface area contributed by atoms with Crippen molar-refractivity contribution in [3.63, 3.8) is 0 Å². The molecular weight excluding hydrogens is 182 g/mol. The van der Waals surface area contributed by atoms with Gasteiger partial charge in [-0.25, -0.2) is 0 Å². The maximum Gasteiger partial charge on any atom is 0.237 e. The molecule has 1 amide bonds. The van der Waals surface area contributed by atoms with Crippen LogP contribution in [0.15, 0.2) is 0 Å². The molecule has 1 atom stereocenters. The van der Waals surface area contributed by atoms with Gasteiger partial charge in [-0.15, -0.1) is 0 Å². The summed E-state index contributed by atoms with van der Waals surface area (Å²) in [5.41, 5.74) is 0. The molecule has 0 aliphatic rings. The van der Waals surface area contributed by atoms with Crippen molar-refractivity contribution in [3.8, 4) is 0 Å². The second-order valence-electron chi connectivity index (χ2n) is 1.97. The Morgan fingerprint density at radius 1 is 1.67 bits per heavy atom. The molecule has 0 spiro atoms. The molecule has 12 heavy (non-hydrogen) atoms. The zero-order valence-electron chi connectivity index (χ0n) is 6.86. The van der Waals surface area contributed by atoms with Crippen LogP contribution in [0.5, 0.6) is 0 Å². The average molecular weight is 193 g/mol. The van der Waals surface area contributed by atoms with Crippen LogP contribution in [0.25, 0.3) is 0 Å². The lowest BCUT2D eigenvalue weighted by atomic mass is 10.3. The molecule has 0 fully saturated rings. The molecule has 0 aromatic carbocycles. The lowest BCUT2D eigenvalue weighted by Gasteiger charge is -2.09. The van der Waals surface area contributed by atoms with Crippen molar-refractivity contribution < 1.29 is 9.12 Å². The largest absolute Gasteiger partial charge is 0.358 e. The summed E-state index contributed by atoms with van der Waals surface area (Å²) in [7, 11) is 3.07. The molecule has 7 heteroatoms. The quantitative estimate of drug-likeness (QED) is 0.341. The summed E-state index contributed by atoms with van der Waals surface area (Å²) in [5.74, 6) is -0.116. The highest BCUT2D eigenvalue weighted by molar-refractivity contribution is 7.93. The van der Waals surface area contributed by atoms with E-state index in [4.69, 9.17) is 0 Å². The van der Waals surface area contributed by atoms with E-state index in [1.54, 1.807) is 7.05 Å². The Balaban J connectivity index is 3.83. The van der Waals surface area contributed by atoms with Crippen LogP contribution in [0.1, 0.15) is 0 Å². The SMILES string of the molecule is CNC(=O)[C@H](CS[N+](=O)[O-])NC. The number of rotatable bonds is 5. The van der Waals surface area contributed by atoms with Crippen LogP contribution in [0.2, 0.25) is 0 Å². The molecule has 0 aromatic rings. The topological polar surface area (TPSA) is 84.3 Å². The van der Waals surface area contributed by atoms with Gasteiger partial charge < -0.3 is 10.6 Å². The summed E-state index contributed by atoms with van der Waals surface area (Å²) in [4.78, 5) is 20.9. The summed E-state index contributed by atoms with van der Waals surface area (Å²) in [6.07, 6.45) is 0. The number of hydrogen-bond donors (Lipinski definition) is 2. The number of carbonyl (C=O) groups is 1. The Hall–Kier alpha value is -0.820. The van der Waals surface area contributed by atoms with E-state index in [1.807, 2.05) is 0 Å². The number of carbonyl (C=O) groups excluding carboxylic acids is 1. The molecule has 0 aliphatic heterocycles. The van der Waals surface area contributed by atoms with Crippen molar-refractivity contribution in [2.45, 2.75) is 6.04 Å². The molecule has 0 heterocycles. The molecule has 0 bridgehead atoms. The minimum Gasteiger partial charge on any atom is -0.358 e. The van der Waals surface area contributed by atoms with E-state index in [2.05, 4.69) is 10.6 Å². The summed E-state index contributed by atoms with van der Waals surface area (Å²) in [6.45, 7) is 0. The van der Waals surface area contributed by atoms with Crippen LogP contribution in [-0.4, -0.2) is 36.1 Å². The summed E-state index contributed by atoms with van der Waals surface area (Å²) >= 11 is 0.507. The van der Waals surface area contributed by atoms with Gasteiger partial charge in [-0.1, -0.05) is 0 Å². The summed E-state index contributed by atoms with van der Waals surface area (Å²) in [6, 6.07) is -0.509. The lowest BCUT2D eigenvalue weighted by molar-refractivity contribution is -0.284. The zero-order chi connectivity index (χ0) is 9.56. The van der Waals surface area contributed by atoms with E-state index >= 15 is 0 Å². The summed E-state index contributed by atoms with van der Waals surface area (Å²) in [5, 5.41) is 15.0. The van der Waals surface area contributed by atoms with E-state index in [0.717, 1.165) is 0 Å². The second-order valence-corrected chi connectivity index (χ2v) is 2.86. The number of nitro groups is 1. The maximum absolute atomic E-state index is 10.9. The predicted octanol–water partition coefficient (Wildman–Crippen LogP) is -0.755. The third kappa shape index (κ3) is 4.14. The third-order valence-electron chi connectivity index (χ3n) is 1.26. The van der Waals surface area contributed by atoms with E-state index in [1.165, 1.54) is 7.05 Å². The Morgan fingerprint density at radius 2 is 2.25 bits per heavy atom. The first-order chi connectivity index (χ1) is 5.61. The molecule has 6 nitrogen and oxygen atoms in total. The van der Waals surface area contributed by atoms with E-state index in [-0.39, 0.29) is 11.7 Å². The first kappa shape index (κ1) is 11.2. The molecule has 0 saturated heterocycles. The highest BCUT2D eigenvalue weighted by Crippen LogP contribution is 2.02. The molecular formula is C5H11N3O3S. The zero-order valence-corrected chi connectivity index (χ0v) is 7.68. The van der Waals surface area contributed by atoms with Gasteiger partial charge in [-0.05, 0) is 7.05 Å². The molecule has 0 unspecified atom stereocenters. The second kappa shape index (κ2) is 5.78. The minimum atomic E-state index is -0.521. The number of nitrogens with one attached hydrogen (secondary N) is 2. The first-order valence-electron chi connectivity index (χ1n) is 3.28. The average Bonchev–Trinajstić information content (AvgIpc) is 2.04. The Labute approximate surface area is 74.4 Å². The van der Waals surface area contributed by atoms with Crippen molar-refractivity contribution in [1.82, 2.24) is 10.6 Å². The summed E-state index contributed by atoms with van der Waals surface area (Å²) < 4.78 is -0.521. The lowest BCUT2D eigenvalue weighted by Crippen LogP contribution is -2.43. The van der Waals surface area contributed by atoms with Crippen LogP contribution in [-0.2, 0) is 4.79 Å². The smallest absolute Gasteiger partial charge is 0.237 e. The molecule has 2 N–H and O–H groups in total. The molecule has 0 radical (unpaired) electrons. The van der Waals surface area contributed by atoms with Gasteiger partial charge in [0.2, 0.25) is 17.9 Å². The van der Waals surface area contributed by atoms with Gasteiger partial charge >= 0.3 is 0 Å². The Kier molecular flexibility index (Phi) is 5.39. The van der Waals surface area contributed by atoms with Crippen molar-refractivity contribution in [2.24, 2.45) is 0 Å². The Bertz CT molecular complexity index is 175. The van der Waals surface area contributed by atoms with Gasteiger partial charge in [0.15, 0.2) is 0 Å². The van der Waals surface area contributed by atoms with Crippen LogP contribution in [0.4, 0.5) is 0 Å². The number of amides is 1. The number of nitrogens with zero attached hydrogens (tertiary/aromatic N) is 1. The van der Waals surface area contributed by atoms with Gasteiger partial charge in [-0.2, -0.15) is 0 Å². The molecule has 0 aromatic heterocycles. The molecule has 0 saturated carbocycles. The molecule has 0 aliphatic carbocycles. The maximum atomic E-state index is 10.9. The predicted molar refractivity (Wildman–Crippen MR) is 46.4 cm³/mol. The monoisotopic (exact) mass is 193 g/mol. The van der Waals surface area contributed by atoms with E-state index in [0.29, 0.717) is 11.9 Å². The van der Waals surface area contributed by atoms with Gasteiger partial charge in [0.05, 0.1) is 5.75 Å². The van der Waals surface area contributed by atoms with E-state index < -0.39 is 10.4 Å². The highest BCUT2D eigenvalue weighted by atomic mass is 32.2. The molecule has 0 rings (SSSR count). The third-order valence-corrected chi connectivity index (χ3v) is 1.95. The van der Waals surface area contributed by atoms with Crippen molar-refractivity contribution in [2.75, 3.05) is 19.8 Å². The normalized spacial score (nSPS) is 12.2. The van der Waals surface area contributed by atoms with Crippen LogP contribution < -0.4 is 10.6 Å². The Morgan fingerprint density at radius 3 is 2.58 bits per heavy atom. The first-order valence-corrected chi connectivity index (χ1v) is 4.22. The van der Waals surface area contributed by atoms with Crippen LogP contribution in [0, 0.1) is 10.1 Å². The van der Waals surface area contributed by atoms with Gasteiger partial charge in [0, 0.05) is 7.05 Å². The fraction of sp³-hybridized carbons (Fsp3) is 0.800. The van der Waals surface area contributed by atoms with Gasteiger partial charge in [0.1, 0.15) is 10.4 Å². The van der Waals surface area contributed by atoms with Crippen molar-refractivity contribution in [1.29, 1.82) is 0 Å². The number of likely N-dealkylation sites (N-methyl/N-ethyl adjacent to an activating group) is 2. The van der Waals surface area contributed by atoms with Crippen molar-refractivity contribution in [3.05, 3.63) is 10.1 Å². The van der Waals surface area contributed by atoms with Crippen LogP contribution in [0.3, 0.4) is 0 Å². The molecule has 70 valence electrons. The van der Waals surface area contributed by atoms with E-state index in [9.17, 15) is 14.9 Å². The van der Waals surface area contributed by atoms with Crippen molar-refractivity contribution >= 4 is 17.9 Å². The highest BCUT2D eigenvalue weighted by Gasteiger charge is 2.18. The van der Waals surface area contributed by atoms with Crippen LogP contribution >= 0.6 is 11.9 Å². The minimum absolute atomic E-state index is 0.128. The van der Waals surface area contributed by atoms with Gasteiger partial charge in [0.25, 0.3) is 0 Å². The fourth-order valence-electron chi connectivity index (χ4n) is 0.600.